The van der Waals surface area contributed by atoms with Crippen molar-refractivity contribution in [1.82, 2.24) is 24.6 Å². The third kappa shape index (κ3) is 5.02. The van der Waals surface area contributed by atoms with Crippen LogP contribution >= 0.6 is 11.3 Å². The van der Waals surface area contributed by atoms with Gasteiger partial charge in [-0.05, 0) is 22.8 Å². The van der Waals surface area contributed by atoms with Crippen molar-refractivity contribution < 1.29 is 4.74 Å². The molecule has 0 unspecified atom stereocenters. The second-order valence-electron chi connectivity index (χ2n) is 8.90. The number of nitrogens with zero attached hydrogens (tertiary/aromatic N) is 5. The van der Waals surface area contributed by atoms with Crippen LogP contribution < -0.4 is 5.32 Å². The molecule has 0 amide bonds. The molecule has 8 heteroatoms. The van der Waals surface area contributed by atoms with Gasteiger partial charge in [-0.3, -0.25) is 9.58 Å². The molecule has 4 heterocycles. The third-order valence-electron chi connectivity index (χ3n) is 6.49. The first-order valence-corrected chi connectivity index (χ1v) is 13.1. The Kier molecular flexibility index (Phi) is 6.71. The minimum Gasteiger partial charge on any atom is -0.379 e. The van der Waals surface area contributed by atoms with Crippen molar-refractivity contribution in [2.24, 2.45) is 0 Å². The highest BCUT2D eigenvalue weighted by atomic mass is 32.1. The number of benzene rings is 2. The summed E-state index contributed by atoms with van der Waals surface area (Å²) in [5.74, 6) is 1.73. The Balaban J connectivity index is 1.34. The largest absolute Gasteiger partial charge is 0.379 e. The second-order valence-corrected chi connectivity index (χ2v) is 9.76. The molecule has 6 rings (SSSR count). The third-order valence-corrected chi connectivity index (χ3v) is 7.36. The van der Waals surface area contributed by atoms with Crippen LogP contribution in [0.25, 0.3) is 21.3 Å². The molecule has 0 atom stereocenters. The van der Waals surface area contributed by atoms with Crippen LogP contribution in [-0.4, -0.2) is 51.0 Å². The smallest absolute Gasteiger partial charge is 0.146 e. The predicted octanol–water partition coefficient (Wildman–Crippen LogP) is 5.05. The van der Waals surface area contributed by atoms with Crippen LogP contribution in [0.15, 0.2) is 78.4 Å². The summed E-state index contributed by atoms with van der Waals surface area (Å²) in [6.45, 7) is 5.47. The maximum Gasteiger partial charge on any atom is 0.146 e. The average molecular weight is 497 g/mol. The summed E-state index contributed by atoms with van der Waals surface area (Å²) in [5, 5.41) is 11.3. The Labute approximate surface area is 214 Å². The van der Waals surface area contributed by atoms with Crippen molar-refractivity contribution in [2.45, 2.75) is 19.6 Å². The highest BCUT2D eigenvalue weighted by Gasteiger charge is 2.18. The van der Waals surface area contributed by atoms with Gasteiger partial charge in [-0.1, -0.05) is 54.6 Å². The number of nitrogens with one attached hydrogen (secondary N) is 1. The standard InChI is InChI=1S/C28H28N6OS/c1-2-7-21(8-3-1)24-20-36-28-26(24)27(31-25(32-28)19-33-13-15-35-16-14-33)29-17-22-9-4-5-10-23(22)18-34-12-6-11-30-34/h1-12,20H,13-19H2,(H,29,31,32). The second kappa shape index (κ2) is 10.6. The van der Waals surface area contributed by atoms with E-state index in [0.717, 1.165) is 61.3 Å². The number of fused-ring (bicyclic) bond motifs is 1. The maximum absolute atomic E-state index is 5.52. The van der Waals surface area contributed by atoms with Crippen molar-refractivity contribution in [3.8, 4) is 11.1 Å². The summed E-state index contributed by atoms with van der Waals surface area (Å²) >= 11 is 1.68. The van der Waals surface area contributed by atoms with Crippen LogP contribution in [0.2, 0.25) is 0 Å². The average Bonchev–Trinajstić information content (AvgIpc) is 3.59. The molecule has 2 aromatic carbocycles. The van der Waals surface area contributed by atoms with Crippen LogP contribution in [-0.2, 0) is 24.4 Å². The van der Waals surface area contributed by atoms with Gasteiger partial charge < -0.3 is 10.1 Å². The molecule has 1 fully saturated rings. The Morgan fingerprint density at radius 3 is 2.50 bits per heavy atom. The Hall–Kier alpha value is -3.59. The van der Waals surface area contributed by atoms with Gasteiger partial charge in [0.25, 0.3) is 0 Å². The van der Waals surface area contributed by atoms with E-state index in [0.29, 0.717) is 6.54 Å². The molecule has 1 N–H and O–H groups in total. The van der Waals surface area contributed by atoms with E-state index in [4.69, 9.17) is 14.7 Å². The van der Waals surface area contributed by atoms with E-state index in [-0.39, 0.29) is 0 Å². The molecule has 5 aromatic rings. The highest BCUT2D eigenvalue weighted by Crippen LogP contribution is 2.37. The first-order chi connectivity index (χ1) is 17.8. The lowest BCUT2D eigenvalue weighted by molar-refractivity contribution is 0.0331. The number of hydrogen-bond donors (Lipinski definition) is 1. The molecule has 0 saturated carbocycles. The molecule has 36 heavy (non-hydrogen) atoms. The summed E-state index contributed by atoms with van der Waals surface area (Å²) in [4.78, 5) is 13.4. The predicted molar refractivity (Wildman–Crippen MR) is 144 cm³/mol. The van der Waals surface area contributed by atoms with E-state index in [1.807, 2.05) is 29.2 Å². The van der Waals surface area contributed by atoms with Gasteiger partial charge >= 0.3 is 0 Å². The number of hydrogen-bond acceptors (Lipinski definition) is 7. The molecule has 0 bridgehead atoms. The summed E-state index contributed by atoms with van der Waals surface area (Å²) in [6, 6.07) is 20.9. The molecular formula is C28H28N6OS. The lowest BCUT2D eigenvalue weighted by atomic mass is 10.1. The Morgan fingerprint density at radius 2 is 1.69 bits per heavy atom. The summed E-state index contributed by atoms with van der Waals surface area (Å²) in [6.07, 6.45) is 3.81. The monoisotopic (exact) mass is 496 g/mol. The van der Waals surface area contributed by atoms with Gasteiger partial charge in [0.05, 0.1) is 31.7 Å². The van der Waals surface area contributed by atoms with E-state index in [1.165, 1.54) is 22.3 Å². The maximum atomic E-state index is 5.52. The molecule has 0 radical (unpaired) electrons. The SMILES string of the molecule is c1ccc(-c2csc3nc(CN4CCOCC4)nc(NCc4ccccc4Cn4cccn4)c23)cc1. The van der Waals surface area contributed by atoms with E-state index in [2.05, 4.69) is 69.2 Å². The first kappa shape index (κ1) is 22.8. The Bertz CT molecular complexity index is 1430. The minimum absolute atomic E-state index is 0.671. The number of rotatable bonds is 8. The fourth-order valence-corrected chi connectivity index (χ4v) is 5.57. The van der Waals surface area contributed by atoms with Crippen LogP contribution in [0.5, 0.6) is 0 Å². The van der Waals surface area contributed by atoms with Crippen molar-refractivity contribution in [1.29, 1.82) is 0 Å². The Morgan fingerprint density at radius 1 is 0.889 bits per heavy atom. The molecule has 1 aliphatic heterocycles. The number of anilines is 1. The lowest BCUT2D eigenvalue weighted by Gasteiger charge is -2.25. The van der Waals surface area contributed by atoms with Crippen LogP contribution in [0, 0.1) is 0 Å². The fourth-order valence-electron chi connectivity index (χ4n) is 4.61. The summed E-state index contributed by atoms with van der Waals surface area (Å²) in [5.41, 5.74) is 4.81. The van der Waals surface area contributed by atoms with Crippen molar-refractivity contribution in [3.05, 3.63) is 95.4 Å². The van der Waals surface area contributed by atoms with Crippen molar-refractivity contribution in [2.75, 3.05) is 31.6 Å². The molecule has 3 aromatic heterocycles. The van der Waals surface area contributed by atoms with Gasteiger partial charge in [0.2, 0.25) is 0 Å². The molecule has 0 aliphatic carbocycles. The van der Waals surface area contributed by atoms with Gasteiger partial charge in [0.15, 0.2) is 0 Å². The van der Waals surface area contributed by atoms with E-state index in [9.17, 15) is 0 Å². The van der Waals surface area contributed by atoms with Crippen molar-refractivity contribution >= 4 is 27.4 Å². The molecule has 7 nitrogen and oxygen atoms in total. The topological polar surface area (TPSA) is 68.1 Å². The quantitative estimate of drug-likeness (QED) is 0.324. The summed E-state index contributed by atoms with van der Waals surface area (Å²) < 4.78 is 7.47. The van der Waals surface area contributed by atoms with Crippen LogP contribution in [0.4, 0.5) is 5.82 Å². The normalized spacial score (nSPS) is 14.3. The number of ether oxygens (including phenoxy) is 1. The zero-order valence-electron chi connectivity index (χ0n) is 20.0. The fraction of sp³-hybridized carbons (Fsp3) is 0.250. The lowest BCUT2D eigenvalue weighted by Crippen LogP contribution is -2.36. The van der Waals surface area contributed by atoms with Gasteiger partial charge in [0, 0.05) is 43.0 Å². The molecule has 1 saturated heterocycles. The molecular weight excluding hydrogens is 468 g/mol. The molecule has 182 valence electrons. The van der Waals surface area contributed by atoms with Crippen LogP contribution in [0.3, 0.4) is 0 Å². The van der Waals surface area contributed by atoms with E-state index >= 15 is 0 Å². The van der Waals surface area contributed by atoms with Gasteiger partial charge in [0.1, 0.15) is 16.5 Å². The number of aromatic nitrogens is 4. The van der Waals surface area contributed by atoms with Gasteiger partial charge in [-0.15, -0.1) is 11.3 Å². The van der Waals surface area contributed by atoms with E-state index in [1.54, 1.807) is 11.3 Å². The minimum atomic E-state index is 0.671. The van der Waals surface area contributed by atoms with Gasteiger partial charge in [-0.25, -0.2) is 9.97 Å². The van der Waals surface area contributed by atoms with Crippen LogP contribution in [0.1, 0.15) is 17.0 Å². The molecule has 0 spiro atoms. The highest BCUT2D eigenvalue weighted by molar-refractivity contribution is 7.17. The summed E-state index contributed by atoms with van der Waals surface area (Å²) in [7, 11) is 0. The zero-order chi connectivity index (χ0) is 24.2. The van der Waals surface area contributed by atoms with E-state index < -0.39 is 0 Å². The number of thiophene rings is 1. The van der Waals surface area contributed by atoms with Gasteiger partial charge in [-0.2, -0.15) is 5.10 Å². The zero-order valence-corrected chi connectivity index (χ0v) is 20.8. The van der Waals surface area contributed by atoms with Crippen molar-refractivity contribution in [3.63, 3.8) is 0 Å². The molecule has 1 aliphatic rings. The first-order valence-electron chi connectivity index (χ1n) is 12.3. The number of morpholine rings is 1.